The molecule has 5 aliphatic rings. The van der Waals surface area contributed by atoms with Gasteiger partial charge in [0.2, 0.25) is 12.6 Å². The molecular weight excluding hydrogens is 422 g/mol. The largest absolute Gasteiger partial charge is 0.457 e. The summed E-state index contributed by atoms with van der Waals surface area (Å²) < 4.78 is 18.5. The Hall–Kier alpha value is -2.80. The van der Waals surface area contributed by atoms with Crippen molar-refractivity contribution >= 4 is 11.8 Å². The summed E-state index contributed by atoms with van der Waals surface area (Å²) in [5.74, 6) is 1.64. The Morgan fingerprint density at radius 3 is 2.55 bits per heavy atom. The number of hydrogen-bond donors (Lipinski definition) is 1. The zero-order chi connectivity index (χ0) is 23.0. The number of ether oxygens (including phenoxy) is 3. The third-order valence-electron chi connectivity index (χ3n) is 8.14. The standard InChI is InChI=1S/C26H29NO6/c1-15-5-20(16(2)27(15)19-3-4-22-23(7-19)33-14-32-22)21(28)12-31-24(29)25-8-17-6-18(9-25)11-26(30,10-17)13-25/h3-5,7,17-18,30H,6,8-14H2,1-2H3. The Morgan fingerprint density at radius 2 is 1.82 bits per heavy atom. The highest BCUT2D eigenvalue weighted by Crippen LogP contribution is 2.62. The number of rotatable bonds is 5. The van der Waals surface area contributed by atoms with E-state index in [4.69, 9.17) is 14.2 Å². The molecule has 2 aromatic rings. The molecule has 4 bridgehead atoms. The van der Waals surface area contributed by atoms with Crippen LogP contribution in [0, 0.1) is 31.1 Å². The van der Waals surface area contributed by atoms with E-state index in [1.165, 1.54) is 0 Å². The Labute approximate surface area is 192 Å². The molecule has 1 aromatic heterocycles. The van der Waals surface area contributed by atoms with Crippen molar-refractivity contribution < 1.29 is 28.9 Å². The van der Waals surface area contributed by atoms with Gasteiger partial charge in [-0.25, -0.2) is 0 Å². The van der Waals surface area contributed by atoms with Crippen molar-refractivity contribution in [1.82, 2.24) is 4.57 Å². The number of carbonyl (C=O) groups excluding carboxylic acids is 2. The number of benzene rings is 1. The molecule has 1 aliphatic heterocycles. The lowest BCUT2D eigenvalue weighted by Gasteiger charge is -2.58. The van der Waals surface area contributed by atoms with Gasteiger partial charge >= 0.3 is 5.97 Å². The highest BCUT2D eigenvalue weighted by molar-refractivity contribution is 5.99. The van der Waals surface area contributed by atoms with E-state index in [9.17, 15) is 14.7 Å². The van der Waals surface area contributed by atoms with Gasteiger partial charge in [0.1, 0.15) is 0 Å². The van der Waals surface area contributed by atoms with Gasteiger partial charge in [-0.1, -0.05) is 0 Å². The number of nitrogens with zero attached hydrogens (tertiary/aromatic N) is 1. The Kier molecular flexibility index (Phi) is 4.47. The summed E-state index contributed by atoms with van der Waals surface area (Å²) in [7, 11) is 0. The third kappa shape index (κ3) is 3.28. The van der Waals surface area contributed by atoms with Gasteiger partial charge in [0.05, 0.1) is 11.0 Å². The molecule has 0 saturated heterocycles. The fourth-order valence-electron chi connectivity index (χ4n) is 7.28. The lowest BCUT2D eigenvalue weighted by atomic mass is 9.48. The quantitative estimate of drug-likeness (QED) is 0.548. The predicted molar refractivity (Wildman–Crippen MR) is 119 cm³/mol. The molecule has 2 unspecified atom stereocenters. The van der Waals surface area contributed by atoms with Crippen LogP contribution in [0.15, 0.2) is 24.3 Å². The second kappa shape index (κ2) is 7.10. The fourth-order valence-corrected chi connectivity index (χ4v) is 7.28. The molecule has 7 nitrogen and oxygen atoms in total. The van der Waals surface area contributed by atoms with E-state index < -0.39 is 11.0 Å². The van der Waals surface area contributed by atoms with Gasteiger partial charge < -0.3 is 23.9 Å². The molecule has 1 aromatic carbocycles. The zero-order valence-corrected chi connectivity index (χ0v) is 19.1. The third-order valence-corrected chi connectivity index (χ3v) is 8.14. The summed E-state index contributed by atoms with van der Waals surface area (Å²) in [5.41, 5.74) is 1.76. The highest BCUT2D eigenvalue weighted by atomic mass is 16.7. The van der Waals surface area contributed by atoms with E-state index in [0.29, 0.717) is 35.3 Å². The van der Waals surface area contributed by atoms with Gasteiger partial charge in [0.25, 0.3) is 0 Å². The van der Waals surface area contributed by atoms with E-state index >= 15 is 0 Å². The van der Waals surface area contributed by atoms with Gasteiger partial charge in [-0.05, 0) is 82.4 Å². The first-order valence-electron chi connectivity index (χ1n) is 11.8. The molecule has 0 radical (unpaired) electrons. The van der Waals surface area contributed by atoms with E-state index in [-0.39, 0.29) is 25.2 Å². The number of aryl methyl sites for hydroxylation is 1. The maximum absolute atomic E-state index is 13.1. The SMILES string of the molecule is Cc1cc(C(=O)COC(=O)C23CC4CC(CC(O)(C4)C2)C3)c(C)n1-c1ccc2c(c1)OCO2. The van der Waals surface area contributed by atoms with Crippen LogP contribution in [0.2, 0.25) is 0 Å². The van der Waals surface area contributed by atoms with Gasteiger partial charge in [0, 0.05) is 28.7 Å². The van der Waals surface area contributed by atoms with Crippen molar-refractivity contribution in [2.75, 3.05) is 13.4 Å². The second-order valence-corrected chi connectivity index (χ2v) is 10.6. The van der Waals surface area contributed by atoms with Crippen LogP contribution in [0.4, 0.5) is 0 Å². The average molecular weight is 452 g/mol. The lowest BCUT2D eigenvalue weighted by molar-refractivity contribution is -0.195. The summed E-state index contributed by atoms with van der Waals surface area (Å²) in [6, 6.07) is 7.52. The van der Waals surface area contributed by atoms with Crippen molar-refractivity contribution in [2.24, 2.45) is 17.3 Å². The molecule has 33 heavy (non-hydrogen) atoms. The molecule has 4 saturated carbocycles. The highest BCUT2D eigenvalue weighted by Gasteiger charge is 2.60. The maximum Gasteiger partial charge on any atom is 0.312 e. The predicted octanol–water partition coefficient (Wildman–Crippen LogP) is 3.88. The van der Waals surface area contributed by atoms with Crippen molar-refractivity contribution in [3.63, 3.8) is 0 Å². The van der Waals surface area contributed by atoms with E-state index in [2.05, 4.69) is 0 Å². The zero-order valence-electron chi connectivity index (χ0n) is 19.1. The number of hydrogen-bond acceptors (Lipinski definition) is 6. The molecule has 1 N–H and O–H groups in total. The molecule has 174 valence electrons. The van der Waals surface area contributed by atoms with Gasteiger partial charge in [-0.3, -0.25) is 9.59 Å². The minimum Gasteiger partial charge on any atom is -0.457 e. The maximum atomic E-state index is 13.1. The van der Waals surface area contributed by atoms with Gasteiger partial charge in [-0.15, -0.1) is 0 Å². The number of esters is 1. The number of Topliss-reactive ketones (excluding diaryl/α,β-unsaturated/α-hetero) is 1. The minimum atomic E-state index is -0.733. The minimum absolute atomic E-state index is 0.206. The molecule has 4 aliphatic carbocycles. The normalized spacial score (nSPS) is 31.1. The van der Waals surface area contributed by atoms with Crippen LogP contribution >= 0.6 is 0 Å². The smallest absolute Gasteiger partial charge is 0.312 e. The summed E-state index contributed by atoms with van der Waals surface area (Å²) in [5, 5.41) is 10.9. The number of fused-ring (bicyclic) bond motifs is 1. The van der Waals surface area contributed by atoms with E-state index in [0.717, 1.165) is 49.2 Å². The number of aliphatic hydroxyl groups is 1. The van der Waals surface area contributed by atoms with Crippen LogP contribution in [-0.2, 0) is 9.53 Å². The van der Waals surface area contributed by atoms with Gasteiger partial charge in [-0.2, -0.15) is 0 Å². The first-order chi connectivity index (χ1) is 15.8. The molecule has 2 heterocycles. The molecule has 7 rings (SSSR count). The summed E-state index contributed by atoms with van der Waals surface area (Å²) in [6.07, 6.45) is 4.71. The van der Waals surface area contributed by atoms with E-state index in [1.54, 1.807) is 0 Å². The van der Waals surface area contributed by atoms with Crippen molar-refractivity contribution in [2.45, 2.75) is 58.0 Å². The first kappa shape index (κ1) is 20.8. The fraction of sp³-hybridized carbons (Fsp3) is 0.538. The topological polar surface area (TPSA) is 87.0 Å². The monoisotopic (exact) mass is 451 g/mol. The molecule has 2 atom stereocenters. The van der Waals surface area contributed by atoms with Crippen molar-refractivity contribution in [3.8, 4) is 17.2 Å². The Balaban J connectivity index is 1.19. The molecular formula is C26H29NO6. The molecule has 0 amide bonds. The van der Waals surface area contributed by atoms with E-state index in [1.807, 2.05) is 42.7 Å². The van der Waals surface area contributed by atoms with Crippen LogP contribution in [-0.4, -0.2) is 40.4 Å². The Bertz CT molecular complexity index is 1150. The van der Waals surface area contributed by atoms with Crippen molar-refractivity contribution in [1.29, 1.82) is 0 Å². The second-order valence-electron chi connectivity index (χ2n) is 10.6. The summed E-state index contributed by atoms with van der Waals surface area (Å²) >= 11 is 0. The summed E-state index contributed by atoms with van der Waals surface area (Å²) in [4.78, 5) is 26.2. The molecule has 0 spiro atoms. The van der Waals surface area contributed by atoms with Crippen LogP contribution in [0.5, 0.6) is 11.5 Å². The number of aromatic nitrogens is 1. The molecule has 4 fully saturated rings. The molecule has 7 heteroatoms. The van der Waals surface area contributed by atoms with Crippen LogP contribution in [0.25, 0.3) is 5.69 Å². The van der Waals surface area contributed by atoms with Crippen LogP contribution in [0.1, 0.15) is 60.3 Å². The van der Waals surface area contributed by atoms with Crippen molar-refractivity contribution in [3.05, 3.63) is 41.2 Å². The summed E-state index contributed by atoms with van der Waals surface area (Å²) in [6.45, 7) is 3.76. The van der Waals surface area contributed by atoms with Gasteiger partial charge in [0.15, 0.2) is 18.1 Å². The first-order valence-corrected chi connectivity index (χ1v) is 11.8. The Morgan fingerprint density at radius 1 is 1.09 bits per heavy atom. The number of carbonyl (C=O) groups is 2. The lowest BCUT2D eigenvalue weighted by Crippen LogP contribution is -2.58. The average Bonchev–Trinajstić information content (AvgIpc) is 3.33. The van der Waals surface area contributed by atoms with Crippen LogP contribution < -0.4 is 9.47 Å². The van der Waals surface area contributed by atoms with Crippen LogP contribution in [0.3, 0.4) is 0 Å². The number of ketones is 1.